The van der Waals surface area contributed by atoms with Gasteiger partial charge in [0.1, 0.15) is 5.75 Å². The number of fused-ring (bicyclic) bond motifs is 1. The molecule has 1 fully saturated rings. The number of ketones is 1. The van der Waals surface area contributed by atoms with E-state index in [0.29, 0.717) is 35.7 Å². The second-order valence-corrected chi connectivity index (χ2v) is 8.20. The second kappa shape index (κ2) is 9.33. The zero-order chi connectivity index (χ0) is 21.8. The molecule has 0 spiro atoms. The Morgan fingerprint density at radius 3 is 2.52 bits per heavy atom. The summed E-state index contributed by atoms with van der Waals surface area (Å²) in [7, 11) is 1.54. The number of nitrogens with zero attached hydrogens (tertiary/aromatic N) is 1. The molecule has 1 aliphatic heterocycles. The van der Waals surface area contributed by atoms with E-state index in [9.17, 15) is 14.4 Å². The van der Waals surface area contributed by atoms with Gasteiger partial charge in [-0.3, -0.25) is 14.4 Å². The molecule has 1 saturated heterocycles. The summed E-state index contributed by atoms with van der Waals surface area (Å²) in [5.41, 5.74) is 4.60. The van der Waals surface area contributed by atoms with Crippen molar-refractivity contribution >= 4 is 29.0 Å². The van der Waals surface area contributed by atoms with Gasteiger partial charge < -0.3 is 15.0 Å². The molecule has 2 aromatic rings. The second-order valence-electron chi connectivity index (χ2n) is 8.20. The average Bonchev–Trinajstić information content (AvgIpc) is 3.22. The van der Waals surface area contributed by atoms with E-state index in [1.165, 1.54) is 24.0 Å². The van der Waals surface area contributed by atoms with Gasteiger partial charge in [0.05, 0.1) is 12.8 Å². The molecule has 2 aromatic carbocycles. The molecule has 1 aliphatic carbocycles. The Kier molecular flexibility index (Phi) is 6.35. The number of carbonyl (C=O) groups excluding carboxylic acids is 3. The van der Waals surface area contributed by atoms with Crippen LogP contribution in [0.4, 0.5) is 11.4 Å². The first-order valence-corrected chi connectivity index (χ1v) is 11.0. The number of Topliss-reactive ketones (excluding diaryl/α,β-unsaturated/α-hetero) is 1. The summed E-state index contributed by atoms with van der Waals surface area (Å²) in [5.74, 6) is 0.385. The van der Waals surface area contributed by atoms with Gasteiger partial charge in [0.2, 0.25) is 11.8 Å². The number of rotatable bonds is 7. The van der Waals surface area contributed by atoms with E-state index in [1.807, 2.05) is 12.1 Å². The number of anilines is 2. The summed E-state index contributed by atoms with van der Waals surface area (Å²) in [4.78, 5) is 38.7. The number of hydrogen-bond donors (Lipinski definition) is 1. The van der Waals surface area contributed by atoms with Crippen LogP contribution in [0.1, 0.15) is 60.0 Å². The Hall–Kier alpha value is -3.15. The highest BCUT2D eigenvalue weighted by atomic mass is 16.5. The SMILES string of the molecule is COc1cc(NC(=O)CCC(=O)c2ccc3c(c2)CCCC3)ccc1N1CCCC1=O. The molecule has 1 N–H and O–H groups in total. The number of carbonyl (C=O) groups is 3. The van der Waals surface area contributed by atoms with Gasteiger partial charge in [0.25, 0.3) is 0 Å². The summed E-state index contributed by atoms with van der Waals surface area (Å²) < 4.78 is 5.43. The average molecular weight is 421 g/mol. The molecule has 6 nitrogen and oxygen atoms in total. The number of ether oxygens (including phenoxy) is 1. The van der Waals surface area contributed by atoms with Gasteiger partial charge in [0.15, 0.2) is 5.78 Å². The van der Waals surface area contributed by atoms with Crippen LogP contribution in [0.3, 0.4) is 0 Å². The van der Waals surface area contributed by atoms with Gasteiger partial charge in [-0.15, -0.1) is 0 Å². The molecule has 162 valence electrons. The third-order valence-electron chi connectivity index (χ3n) is 6.08. The van der Waals surface area contributed by atoms with Gasteiger partial charge in [0, 0.05) is 43.1 Å². The fourth-order valence-electron chi connectivity index (χ4n) is 4.38. The predicted molar refractivity (Wildman–Crippen MR) is 120 cm³/mol. The van der Waals surface area contributed by atoms with Crippen molar-refractivity contribution in [2.45, 2.75) is 51.4 Å². The molecule has 0 saturated carbocycles. The maximum atomic E-state index is 12.6. The molecule has 31 heavy (non-hydrogen) atoms. The summed E-state index contributed by atoms with van der Waals surface area (Å²) in [6, 6.07) is 11.2. The lowest BCUT2D eigenvalue weighted by atomic mass is 9.89. The van der Waals surface area contributed by atoms with Crippen molar-refractivity contribution in [1.29, 1.82) is 0 Å². The maximum Gasteiger partial charge on any atom is 0.227 e. The zero-order valence-electron chi connectivity index (χ0n) is 17.9. The Morgan fingerprint density at radius 2 is 1.77 bits per heavy atom. The summed E-state index contributed by atoms with van der Waals surface area (Å²) in [6.45, 7) is 0.672. The van der Waals surface area contributed by atoms with Crippen LogP contribution in [0, 0.1) is 0 Å². The van der Waals surface area contributed by atoms with E-state index in [2.05, 4.69) is 11.4 Å². The normalized spacial score (nSPS) is 15.5. The Morgan fingerprint density at radius 1 is 0.968 bits per heavy atom. The molecule has 6 heteroatoms. The Balaban J connectivity index is 1.35. The molecule has 0 bridgehead atoms. The molecular weight excluding hydrogens is 392 g/mol. The number of amides is 2. The molecule has 0 atom stereocenters. The van der Waals surface area contributed by atoms with Crippen molar-refractivity contribution in [3.63, 3.8) is 0 Å². The van der Waals surface area contributed by atoms with Crippen molar-refractivity contribution in [2.75, 3.05) is 23.9 Å². The van der Waals surface area contributed by atoms with E-state index in [0.717, 1.165) is 19.3 Å². The number of methoxy groups -OCH3 is 1. The van der Waals surface area contributed by atoms with Crippen molar-refractivity contribution in [2.24, 2.45) is 0 Å². The lowest BCUT2D eigenvalue weighted by Crippen LogP contribution is -2.24. The van der Waals surface area contributed by atoms with Crippen molar-refractivity contribution in [3.8, 4) is 5.75 Å². The zero-order valence-corrected chi connectivity index (χ0v) is 17.9. The number of aryl methyl sites for hydroxylation is 2. The van der Waals surface area contributed by atoms with Crippen LogP contribution in [0.25, 0.3) is 0 Å². The van der Waals surface area contributed by atoms with Crippen molar-refractivity contribution in [3.05, 3.63) is 53.1 Å². The molecule has 2 aliphatic rings. The van der Waals surface area contributed by atoms with Gasteiger partial charge in [-0.1, -0.05) is 12.1 Å². The Labute approximate surface area is 182 Å². The van der Waals surface area contributed by atoms with Crippen LogP contribution in [-0.2, 0) is 22.4 Å². The summed E-state index contributed by atoms with van der Waals surface area (Å²) in [5, 5.41) is 2.83. The minimum atomic E-state index is -0.224. The number of nitrogens with one attached hydrogen (secondary N) is 1. The minimum absolute atomic E-state index is 0.0102. The third-order valence-corrected chi connectivity index (χ3v) is 6.08. The van der Waals surface area contributed by atoms with Crippen LogP contribution >= 0.6 is 0 Å². The van der Waals surface area contributed by atoms with E-state index in [1.54, 1.807) is 30.2 Å². The lowest BCUT2D eigenvalue weighted by molar-refractivity contribution is -0.117. The lowest BCUT2D eigenvalue weighted by Gasteiger charge is -2.19. The predicted octanol–water partition coefficient (Wildman–Crippen LogP) is 4.30. The highest BCUT2D eigenvalue weighted by Gasteiger charge is 2.24. The fourth-order valence-corrected chi connectivity index (χ4v) is 4.38. The van der Waals surface area contributed by atoms with Crippen LogP contribution in [0.15, 0.2) is 36.4 Å². The van der Waals surface area contributed by atoms with Crippen molar-refractivity contribution in [1.82, 2.24) is 0 Å². The molecular formula is C25H28N2O4. The maximum absolute atomic E-state index is 12.6. The van der Waals surface area contributed by atoms with Crippen LogP contribution in [0.2, 0.25) is 0 Å². The van der Waals surface area contributed by atoms with Gasteiger partial charge in [-0.25, -0.2) is 0 Å². The quantitative estimate of drug-likeness (QED) is 0.678. The van der Waals surface area contributed by atoms with E-state index < -0.39 is 0 Å². The van der Waals surface area contributed by atoms with Crippen LogP contribution in [-0.4, -0.2) is 31.3 Å². The molecule has 4 rings (SSSR count). The largest absolute Gasteiger partial charge is 0.494 e. The summed E-state index contributed by atoms with van der Waals surface area (Å²) in [6.07, 6.45) is 6.14. The van der Waals surface area contributed by atoms with Gasteiger partial charge >= 0.3 is 0 Å². The third kappa shape index (κ3) is 4.79. The fraction of sp³-hybridized carbons (Fsp3) is 0.400. The Bertz CT molecular complexity index is 1010. The molecule has 0 unspecified atom stereocenters. The molecule has 0 radical (unpaired) electrons. The van der Waals surface area contributed by atoms with Crippen LogP contribution < -0.4 is 15.0 Å². The monoisotopic (exact) mass is 420 g/mol. The highest BCUT2D eigenvalue weighted by Crippen LogP contribution is 2.34. The molecule has 0 aromatic heterocycles. The number of benzene rings is 2. The van der Waals surface area contributed by atoms with Gasteiger partial charge in [-0.05, 0) is 61.4 Å². The standard InChI is InChI=1S/C25H28N2O4/c1-31-23-16-20(10-11-21(23)27-14-4-7-25(27)30)26-24(29)13-12-22(28)19-9-8-17-5-2-3-6-18(17)15-19/h8-11,15-16H,2-7,12-14H2,1H3,(H,26,29). The molecule has 1 heterocycles. The van der Waals surface area contributed by atoms with Crippen molar-refractivity contribution < 1.29 is 19.1 Å². The van der Waals surface area contributed by atoms with Gasteiger partial charge in [-0.2, -0.15) is 0 Å². The number of hydrogen-bond acceptors (Lipinski definition) is 4. The summed E-state index contributed by atoms with van der Waals surface area (Å²) >= 11 is 0. The first-order valence-electron chi connectivity index (χ1n) is 11.0. The van der Waals surface area contributed by atoms with E-state index >= 15 is 0 Å². The first-order chi connectivity index (χ1) is 15.0. The minimum Gasteiger partial charge on any atom is -0.494 e. The first kappa shape index (κ1) is 21.1. The molecule has 2 amide bonds. The van der Waals surface area contributed by atoms with E-state index in [4.69, 9.17) is 4.74 Å². The highest BCUT2D eigenvalue weighted by molar-refractivity contribution is 6.01. The van der Waals surface area contributed by atoms with Crippen LogP contribution in [0.5, 0.6) is 5.75 Å². The smallest absolute Gasteiger partial charge is 0.227 e. The topological polar surface area (TPSA) is 75.7 Å². The van der Waals surface area contributed by atoms with E-state index in [-0.39, 0.29) is 30.4 Å².